The number of guanidine groups is 1. The highest BCUT2D eigenvalue weighted by Gasteiger charge is 2.10. The van der Waals surface area contributed by atoms with E-state index in [1.807, 2.05) is 63.2 Å². The average Bonchev–Trinajstić information content (AvgIpc) is 2.75. The van der Waals surface area contributed by atoms with Crippen LogP contribution < -0.4 is 24.8 Å². The van der Waals surface area contributed by atoms with Gasteiger partial charge in [0.1, 0.15) is 5.75 Å². The molecule has 0 aliphatic carbocycles. The fourth-order valence-corrected chi connectivity index (χ4v) is 2.84. The highest BCUT2D eigenvalue weighted by molar-refractivity contribution is 14.0. The van der Waals surface area contributed by atoms with Crippen molar-refractivity contribution in [3.05, 3.63) is 53.6 Å². The first-order valence-corrected chi connectivity index (χ1v) is 10.1. The molecule has 0 bridgehead atoms. The first-order valence-electron chi connectivity index (χ1n) is 10.1. The Kier molecular flexibility index (Phi) is 12.1. The van der Waals surface area contributed by atoms with E-state index in [2.05, 4.69) is 15.6 Å². The molecular formula is C23H34IN3O4. The Hall–Kier alpha value is -2.20. The van der Waals surface area contributed by atoms with Crippen molar-refractivity contribution in [1.29, 1.82) is 0 Å². The van der Waals surface area contributed by atoms with E-state index < -0.39 is 6.10 Å². The lowest BCUT2D eigenvalue weighted by Gasteiger charge is -2.16. The maximum atomic E-state index is 10.5. The zero-order chi connectivity index (χ0) is 21.9. The molecule has 2 aromatic carbocycles. The molecule has 0 saturated carbocycles. The Labute approximate surface area is 202 Å². The molecular weight excluding hydrogens is 509 g/mol. The molecule has 0 saturated heterocycles. The van der Waals surface area contributed by atoms with Gasteiger partial charge in [-0.1, -0.05) is 18.2 Å². The van der Waals surface area contributed by atoms with Crippen LogP contribution in [0.1, 0.15) is 38.0 Å². The summed E-state index contributed by atoms with van der Waals surface area (Å²) < 4.78 is 16.3. The molecule has 2 rings (SSSR count). The van der Waals surface area contributed by atoms with Gasteiger partial charge in [-0.2, -0.15) is 0 Å². The summed E-state index contributed by atoms with van der Waals surface area (Å²) in [5, 5.41) is 16.9. The summed E-state index contributed by atoms with van der Waals surface area (Å²) in [5.74, 6) is 2.77. The molecule has 0 amide bonds. The van der Waals surface area contributed by atoms with Gasteiger partial charge >= 0.3 is 0 Å². The predicted octanol–water partition coefficient (Wildman–Crippen LogP) is 3.90. The number of hydrogen-bond donors (Lipinski definition) is 3. The Morgan fingerprint density at radius 1 is 1.00 bits per heavy atom. The Bertz CT molecular complexity index is 813. The van der Waals surface area contributed by atoms with Crippen molar-refractivity contribution in [3.63, 3.8) is 0 Å². The van der Waals surface area contributed by atoms with Gasteiger partial charge in [-0.05, 0) is 56.2 Å². The molecule has 7 nitrogen and oxygen atoms in total. The topological polar surface area (TPSA) is 84.3 Å². The van der Waals surface area contributed by atoms with Crippen LogP contribution in [-0.4, -0.2) is 44.5 Å². The van der Waals surface area contributed by atoms with E-state index in [9.17, 15) is 5.11 Å². The zero-order valence-corrected chi connectivity index (χ0v) is 21.2. The van der Waals surface area contributed by atoms with Crippen molar-refractivity contribution < 1.29 is 19.3 Å². The van der Waals surface area contributed by atoms with Gasteiger partial charge in [0, 0.05) is 13.1 Å². The number of methoxy groups -OCH3 is 2. The van der Waals surface area contributed by atoms with E-state index in [1.165, 1.54) is 0 Å². The standard InChI is InChI=1S/C23H33N3O4.HI/c1-6-24-23(25-14-17-7-12-21(28-4)22(13-17)29-5)26-15-20(27)18-8-10-19(11-9-18)30-16(2)3;/h7-13,16,20,27H,6,14-15H2,1-5H3,(H2,24,25,26);1H. The van der Waals surface area contributed by atoms with E-state index in [1.54, 1.807) is 14.2 Å². The Morgan fingerprint density at radius 2 is 1.68 bits per heavy atom. The number of aliphatic imine (C=N–C) groups is 1. The van der Waals surface area contributed by atoms with Crippen LogP contribution in [0.15, 0.2) is 47.5 Å². The number of rotatable bonds is 10. The van der Waals surface area contributed by atoms with E-state index in [4.69, 9.17) is 14.2 Å². The van der Waals surface area contributed by atoms with Crippen LogP contribution in [0.2, 0.25) is 0 Å². The van der Waals surface area contributed by atoms with Gasteiger partial charge in [0.15, 0.2) is 17.5 Å². The lowest BCUT2D eigenvalue weighted by atomic mass is 10.1. The quantitative estimate of drug-likeness (QED) is 0.240. The Morgan fingerprint density at radius 3 is 2.26 bits per heavy atom. The van der Waals surface area contributed by atoms with Crippen LogP contribution in [-0.2, 0) is 6.54 Å². The van der Waals surface area contributed by atoms with E-state index in [-0.39, 0.29) is 30.1 Å². The number of hydrogen-bond acceptors (Lipinski definition) is 5. The van der Waals surface area contributed by atoms with E-state index in [0.29, 0.717) is 30.5 Å². The molecule has 0 heterocycles. The highest BCUT2D eigenvalue weighted by atomic mass is 127. The van der Waals surface area contributed by atoms with Crippen molar-refractivity contribution in [3.8, 4) is 17.2 Å². The maximum absolute atomic E-state index is 10.5. The molecule has 0 radical (unpaired) electrons. The van der Waals surface area contributed by atoms with Crippen molar-refractivity contribution >= 4 is 29.9 Å². The third-order valence-electron chi connectivity index (χ3n) is 4.31. The summed E-state index contributed by atoms with van der Waals surface area (Å²) >= 11 is 0. The second kappa shape index (κ2) is 14.0. The highest BCUT2D eigenvalue weighted by Crippen LogP contribution is 2.27. The molecule has 0 fully saturated rings. The van der Waals surface area contributed by atoms with Crippen LogP contribution in [0.5, 0.6) is 17.2 Å². The smallest absolute Gasteiger partial charge is 0.191 e. The molecule has 0 aliphatic heterocycles. The maximum Gasteiger partial charge on any atom is 0.191 e. The number of aliphatic hydroxyl groups is 1. The van der Waals surface area contributed by atoms with Crippen LogP contribution in [0.4, 0.5) is 0 Å². The van der Waals surface area contributed by atoms with E-state index in [0.717, 1.165) is 23.4 Å². The zero-order valence-electron chi connectivity index (χ0n) is 18.8. The summed E-state index contributed by atoms with van der Waals surface area (Å²) in [6, 6.07) is 13.2. The first-order chi connectivity index (χ1) is 14.5. The third kappa shape index (κ3) is 8.82. The summed E-state index contributed by atoms with van der Waals surface area (Å²) in [5.41, 5.74) is 1.81. The molecule has 3 N–H and O–H groups in total. The summed E-state index contributed by atoms with van der Waals surface area (Å²) in [7, 11) is 3.22. The average molecular weight is 543 g/mol. The SMILES string of the molecule is CCNC(=NCc1ccc(OC)c(OC)c1)NCC(O)c1ccc(OC(C)C)cc1.I. The number of halogens is 1. The largest absolute Gasteiger partial charge is 0.493 e. The number of benzene rings is 2. The van der Waals surface area contributed by atoms with Gasteiger partial charge in [0.2, 0.25) is 0 Å². The summed E-state index contributed by atoms with van der Waals surface area (Å²) in [6.07, 6.45) is -0.546. The summed E-state index contributed by atoms with van der Waals surface area (Å²) in [6.45, 7) is 7.48. The lowest BCUT2D eigenvalue weighted by Crippen LogP contribution is -2.39. The van der Waals surface area contributed by atoms with E-state index >= 15 is 0 Å². The minimum Gasteiger partial charge on any atom is -0.493 e. The van der Waals surface area contributed by atoms with Crippen molar-refractivity contribution in [2.45, 2.75) is 39.5 Å². The predicted molar refractivity (Wildman–Crippen MR) is 135 cm³/mol. The minimum atomic E-state index is -0.664. The van der Waals surface area contributed by atoms with Crippen molar-refractivity contribution in [2.75, 3.05) is 27.3 Å². The first kappa shape index (κ1) is 26.8. The van der Waals surface area contributed by atoms with Gasteiger partial charge in [0.05, 0.1) is 33.0 Å². The van der Waals surface area contributed by atoms with Gasteiger partial charge in [0.25, 0.3) is 0 Å². The fraction of sp³-hybridized carbons (Fsp3) is 0.435. The van der Waals surface area contributed by atoms with Gasteiger partial charge in [-0.3, -0.25) is 0 Å². The monoisotopic (exact) mass is 543 g/mol. The van der Waals surface area contributed by atoms with Crippen LogP contribution >= 0.6 is 24.0 Å². The second-order valence-corrected chi connectivity index (χ2v) is 7.02. The van der Waals surface area contributed by atoms with Crippen molar-refractivity contribution in [2.24, 2.45) is 4.99 Å². The molecule has 172 valence electrons. The normalized spacial score (nSPS) is 12.0. The molecule has 31 heavy (non-hydrogen) atoms. The second-order valence-electron chi connectivity index (χ2n) is 7.02. The Balaban J connectivity index is 0.00000480. The van der Waals surface area contributed by atoms with Gasteiger partial charge in [-0.15, -0.1) is 24.0 Å². The molecule has 1 unspecified atom stereocenters. The summed E-state index contributed by atoms with van der Waals surface area (Å²) in [4.78, 5) is 4.59. The number of ether oxygens (including phenoxy) is 3. The third-order valence-corrected chi connectivity index (χ3v) is 4.31. The number of nitrogens with one attached hydrogen (secondary N) is 2. The molecule has 8 heteroatoms. The van der Waals surface area contributed by atoms with Crippen molar-refractivity contribution in [1.82, 2.24) is 10.6 Å². The van der Waals surface area contributed by atoms with Crippen LogP contribution in [0.25, 0.3) is 0 Å². The fourth-order valence-electron chi connectivity index (χ4n) is 2.84. The molecule has 2 aromatic rings. The van der Waals surface area contributed by atoms with Gasteiger partial charge in [-0.25, -0.2) is 4.99 Å². The minimum absolute atomic E-state index is 0. The number of nitrogens with zero attached hydrogens (tertiary/aromatic N) is 1. The van der Waals surface area contributed by atoms with Crippen LogP contribution in [0.3, 0.4) is 0 Å². The molecule has 0 aromatic heterocycles. The van der Waals surface area contributed by atoms with Crippen LogP contribution in [0, 0.1) is 0 Å². The molecule has 0 aliphatic rings. The lowest BCUT2D eigenvalue weighted by molar-refractivity contribution is 0.180. The molecule has 0 spiro atoms. The van der Waals surface area contributed by atoms with Gasteiger partial charge < -0.3 is 30.0 Å². The molecule has 1 atom stereocenters. The number of aliphatic hydroxyl groups excluding tert-OH is 1.